The summed E-state index contributed by atoms with van der Waals surface area (Å²) in [5.74, 6) is -3.37. The molecule has 1 aromatic carbocycles. The second-order valence-electron chi connectivity index (χ2n) is 8.00. The minimum atomic E-state index is -0.975. The first-order chi connectivity index (χ1) is 13.2. The fraction of sp³-hybridized carbons (Fsp3) is 0.600. The number of Topliss-reactive ketones (excluding diaryl/α,β-unsaturated/α-hetero) is 1. The smallest absolute Gasteiger partial charge is 0.380 e. The van der Waals surface area contributed by atoms with Crippen LogP contribution in [-0.4, -0.2) is 60.6 Å². The first kappa shape index (κ1) is 19.5. The number of hydrogen-bond donors (Lipinski definition) is 0. The van der Waals surface area contributed by atoms with Crippen LogP contribution in [0.15, 0.2) is 30.3 Å². The number of carbonyl (C=O) groups excluding carboxylic acids is 2. The molecule has 5 atom stereocenters. The first-order valence-corrected chi connectivity index (χ1v) is 9.28. The Bertz CT molecular complexity index is 759. The van der Waals surface area contributed by atoms with E-state index in [1.807, 2.05) is 0 Å². The Hall–Kier alpha value is -1.84. The van der Waals surface area contributed by atoms with E-state index in [1.54, 1.807) is 58.0 Å². The molecule has 28 heavy (non-hydrogen) atoms. The Kier molecular flexibility index (Phi) is 4.79. The lowest BCUT2D eigenvalue weighted by atomic mass is 10.1. The molecular weight excluding hydrogens is 368 g/mol. The van der Waals surface area contributed by atoms with Crippen molar-refractivity contribution in [3.8, 4) is 0 Å². The van der Waals surface area contributed by atoms with E-state index in [2.05, 4.69) is 0 Å². The van der Waals surface area contributed by atoms with Gasteiger partial charge >= 0.3 is 5.97 Å². The summed E-state index contributed by atoms with van der Waals surface area (Å²) in [5, 5.41) is 0. The predicted molar refractivity (Wildman–Crippen MR) is 94.3 cm³/mol. The third kappa shape index (κ3) is 3.70. The highest BCUT2D eigenvalue weighted by Gasteiger charge is 2.60. The molecule has 8 nitrogen and oxygen atoms in total. The highest BCUT2D eigenvalue weighted by Crippen LogP contribution is 2.42. The Morgan fingerprint density at radius 2 is 1.68 bits per heavy atom. The van der Waals surface area contributed by atoms with Gasteiger partial charge in [0, 0.05) is 5.56 Å². The zero-order chi connectivity index (χ0) is 20.1. The van der Waals surface area contributed by atoms with Crippen molar-refractivity contribution in [3.05, 3.63) is 35.9 Å². The standard InChI is InChI=1S/C20H24O8/c1-19(2)23-10-12(26-19)14-15(16-18(25-14)28-20(3,4)27-16)24-17(22)13(21)11-8-6-5-7-9-11/h5-9,12,14-16,18H,10H2,1-4H3/t12-,14-,15+,16-,18-/m1/s1. The fourth-order valence-corrected chi connectivity index (χ4v) is 3.70. The third-order valence-electron chi connectivity index (χ3n) is 4.89. The topological polar surface area (TPSA) is 89.5 Å². The average molecular weight is 392 g/mol. The largest absolute Gasteiger partial charge is 0.450 e. The summed E-state index contributed by atoms with van der Waals surface area (Å²) in [4.78, 5) is 25.0. The van der Waals surface area contributed by atoms with Crippen molar-refractivity contribution in [2.24, 2.45) is 0 Å². The van der Waals surface area contributed by atoms with Gasteiger partial charge in [0.25, 0.3) is 5.78 Å². The van der Waals surface area contributed by atoms with Crippen LogP contribution in [0, 0.1) is 0 Å². The van der Waals surface area contributed by atoms with Crippen molar-refractivity contribution in [2.75, 3.05) is 6.61 Å². The number of benzene rings is 1. The van der Waals surface area contributed by atoms with Crippen LogP contribution < -0.4 is 0 Å². The zero-order valence-electron chi connectivity index (χ0n) is 16.2. The fourth-order valence-electron chi connectivity index (χ4n) is 3.70. The number of rotatable bonds is 4. The predicted octanol–water partition coefficient (Wildman–Crippen LogP) is 1.81. The van der Waals surface area contributed by atoms with Gasteiger partial charge in [-0.25, -0.2) is 4.79 Å². The molecule has 0 amide bonds. The Labute approximate surface area is 163 Å². The summed E-state index contributed by atoms with van der Waals surface area (Å²) in [6.07, 6.45) is -3.42. The van der Waals surface area contributed by atoms with E-state index in [9.17, 15) is 9.59 Å². The molecule has 8 heteroatoms. The van der Waals surface area contributed by atoms with E-state index in [4.69, 9.17) is 28.4 Å². The van der Waals surface area contributed by atoms with Crippen LogP contribution in [0.4, 0.5) is 0 Å². The number of esters is 1. The Balaban J connectivity index is 1.53. The highest BCUT2D eigenvalue weighted by molar-refractivity contribution is 6.40. The quantitative estimate of drug-likeness (QED) is 0.435. The summed E-state index contributed by atoms with van der Waals surface area (Å²) in [6.45, 7) is 7.34. The van der Waals surface area contributed by atoms with Crippen molar-refractivity contribution >= 4 is 11.8 Å². The molecule has 0 aliphatic carbocycles. The molecule has 3 saturated heterocycles. The molecule has 0 spiro atoms. The molecule has 3 aliphatic heterocycles. The molecule has 0 N–H and O–H groups in total. The lowest BCUT2D eigenvalue weighted by Gasteiger charge is -2.28. The normalized spacial score (nSPS) is 35.5. The molecule has 0 saturated carbocycles. The number of ether oxygens (including phenoxy) is 6. The van der Waals surface area contributed by atoms with Crippen LogP contribution in [0.25, 0.3) is 0 Å². The van der Waals surface area contributed by atoms with Crippen molar-refractivity contribution < 1.29 is 38.0 Å². The van der Waals surface area contributed by atoms with E-state index in [-0.39, 0.29) is 12.2 Å². The summed E-state index contributed by atoms with van der Waals surface area (Å²) in [7, 11) is 0. The van der Waals surface area contributed by atoms with Crippen molar-refractivity contribution in [1.82, 2.24) is 0 Å². The lowest BCUT2D eigenvalue weighted by molar-refractivity contribution is -0.234. The van der Waals surface area contributed by atoms with Crippen LogP contribution in [-0.2, 0) is 33.2 Å². The van der Waals surface area contributed by atoms with Crippen LogP contribution >= 0.6 is 0 Å². The van der Waals surface area contributed by atoms with Crippen molar-refractivity contribution in [2.45, 2.75) is 70.0 Å². The SMILES string of the molecule is CC1(C)O[C@H]2O[C@H]([C@H]3COC(C)(C)O3)[C@H](OC(=O)C(=O)c3ccccc3)[C@H]2O1. The maximum Gasteiger partial charge on any atom is 0.380 e. The monoisotopic (exact) mass is 392 g/mol. The summed E-state index contributed by atoms with van der Waals surface area (Å²) in [5.41, 5.74) is 0.255. The third-order valence-corrected chi connectivity index (χ3v) is 4.89. The minimum absolute atomic E-state index is 0.255. The van der Waals surface area contributed by atoms with Crippen LogP contribution in [0.5, 0.6) is 0 Å². The maximum atomic E-state index is 12.5. The Morgan fingerprint density at radius 1 is 0.964 bits per heavy atom. The number of ketones is 1. The molecule has 0 bridgehead atoms. The molecular formula is C20H24O8. The lowest BCUT2D eigenvalue weighted by Crippen LogP contribution is -2.46. The number of fused-ring (bicyclic) bond motifs is 1. The van der Waals surface area contributed by atoms with Gasteiger partial charge in [0.15, 0.2) is 30.1 Å². The summed E-state index contributed by atoms with van der Waals surface area (Å²) >= 11 is 0. The van der Waals surface area contributed by atoms with Crippen LogP contribution in [0.1, 0.15) is 38.1 Å². The van der Waals surface area contributed by atoms with E-state index >= 15 is 0 Å². The second-order valence-corrected chi connectivity index (χ2v) is 8.00. The Morgan fingerprint density at radius 3 is 2.32 bits per heavy atom. The maximum absolute atomic E-state index is 12.5. The molecule has 1 aromatic rings. The average Bonchev–Trinajstić information content (AvgIpc) is 3.25. The highest BCUT2D eigenvalue weighted by atomic mass is 16.8. The molecule has 0 aromatic heterocycles. The van der Waals surface area contributed by atoms with Gasteiger partial charge in [-0.15, -0.1) is 0 Å². The van der Waals surface area contributed by atoms with Gasteiger partial charge in [0.05, 0.1) is 6.61 Å². The van der Waals surface area contributed by atoms with Gasteiger partial charge < -0.3 is 28.4 Å². The number of hydrogen-bond acceptors (Lipinski definition) is 8. The number of carbonyl (C=O) groups is 2. The first-order valence-electron chi connectivity index (χ1n) is 9.28. The molecule has 0 radical (unpaired) electrons. The minimum Gasteiger partial charge on any atom is -0.450 e. The van der Waals surface area contributed by atoms with E-state index in [0.29, 0.717) is 0 Å². The van der Waals surface area contributed by atoms with Gasteiger partial charge in [0.2, 0.25) is 0 Å². The van der Waals surface area contributed by atoms with E-state index in [1.165, 1.54) is 0 Å². The molecule has 3 fully saturated rings. The van der Waals surface area contributed by atoms with Crippen molar-refractivity contribution in [3.63, 3.8) is 0 Å². The van der Waals surface area contributed by atoms with Crippen LogP contribution in [0.2, 0.25) is 0 Å². The molecule has 3 heterocycles. The second kappa shape index (κ2) is 6.89. The van der Waals surface area contributed by atoms with Gasteiger partial charge in [-0.3, -0.25) is 4.79 Å². The van der Waals surface area contributed by atoms with Crippen LogP contribution in [0.3, 0.4) is 0 Å². The molecule has 4 rings (SSSR count). The van der Waals surface area contributed by atoms with Gasteiger partial charge in [-0.1, -0.05) is 30.3 Å². The summed E-state index contributed by atoms with van der Waals surface area (Å²) in [6, 6.07) is 8.24. The molecule has 3 aliphatic rings. The van der Waals surface area contributed by atoms with Gasteiger partial charge in [-0.2, -0.15) is 0 Å². The van der Waals surface area contributed by atoms with E-state index in [0.717, 1.165) is 0 Å². The zero-order valence-corrected chi connectivity index (χ0v) is 16.2. The molecule has 152 valence electrons. The molecule has 0 unspecified atom stereocenters. The van der Waals surface area contributed by atoms with Gasteiger partial charge in [-0.05, 0) is 27.7 Å². The van der Waals surface area contributed by atoms with Crippen molar-refractivity contribution in [1.29, 1.82) is 0 Å². The van der Waals surface area contributed by atoms with E-state index < -0.39 is 54.0 Å². The van der Waals surface area contributed by atoms with Gasteiger partial charge in [0.1, 0.15) is 12.2 Å². The summed E-state index contributed by atoms with van der Waals surface area (Å²) < 4.78 is 34.6.